The maximum Gasteiger partial charge on any atom is 0.229 e. The van der Waals surface area contributed by atoms with E-state index in [1.54, 1.807) is 7.11 Å². The van der Waals surface area contributed by atoms with Crippen LogP contribution in [0.25, 0.3) is 0 Å². The highest BCUT2D eigenvalue weighted by molar-refractivity contribution is 6.31. The number of aromatic nitrogens is 2. The van der Waals surface area contributed by atoms with Gasteiger partial charge in [0.05, 0.1) is 7.11 Å². The molecule has 3 aromatic rings. The molecule has 2 aromatic carbocycles. The monoisotopic (exact) mass is 354 g/mol. The molecule has 25 heavy (non-hydrogen) atoms. The summed E-state index contributed by atoms with van der Waals surface area (Å²) in [5, 5.41) is 7.16. The molecule has 6 heteroatoms. The summed E-state index contributed by atoms with van der Waals surface area (Å²) in [6.45, 7) is 3.89. The molecule has 0 amide bonds. The van der Waals surface area contributed by atoms with Crippen molar-refractivity contribution in [2.75, 3.05) is 17.7 Å². The van der Waals surface area contributed by atoms with Gasteiger partial charge in [0.1, 0.15) is 11.6 Å². The molecule has 0 radical (unpaired) electrons. The molecule has 0 aliphatic rings. The summed E-state index contributed by atoms with van der Waals surface area (Å²) in [6, 6.07) is 15.3. The molecule has 1 aromatic heterocycles. The number of aryl methyl sites for hydroxylation is 2. The van der Waals surface area contributed by atoms with Gasteiger partial charge in [-0.1, -0.05) is 23.7 Å². The van der Waals surface area contributed by atoms with Crippen LogP contribution in [0.4, 0.5) is 23.1 Å². The molecule has 0 aliphatic heterocycles. The Kier molecular flexibility index (Phi) is 5.05. The first kappa shape index (κ1) is 17.0. The van der Waals surface area contributed by atoms with Crippen LogP contribution in [-0.4, -0.2) is 17.1 Å². The number of hydrogen-bond acceptors (Lipinski definition) is 5. The number of anilines is 4. The third-order valence-electron chi connectivity index (χ3n) is 3.62. The second-order valence-corrected chi connectivity index (χ2v) is 6.07. The number of rotatable bonds is 5. The maximum atomic E-state index is 6.17. The van der Waals surface area contributed by atoms with Crippen LogP contribution < -0.4 is 15.4 Å². The Balaban J connectivity index is 1.83. The highest BCUT2D eigenvalue weighted by Crippen LogP contribution is 2.24. The van der Waals surface area contributed by atoms with Gasteiger partial charge >= 0.3 is 0 Å². The number of benzene rings is 2. The highest BCUT2D eigenvalue weighted by atomic mass is 35.5. The molecule has 0 aliphatic carbocycles. The predicted octanol–water partition coefficient (Wildman–Crippen LogP) is 5.24. The first-order valence-corrected chi connectivity index (χ1v) is 8.21. The van der Waals surface area contributed by atoms with E-state index >= 15 is 0 Å². The Bertz CT molecular complexity index is 898. The average molecular weight is 355 g/mol. The molecule has 0 atom stereocenters. The lowest BCUT2D eigenvalue weighted by Gasteiger charge is -2.11. The molecule has 0 fully saturated rings. The molecule has 1 heterocycles. The van der Waals surface area contributed by atoms with Crippen LogP contribution >= 0.6 is 11.6 Å². The molecule has 0 saturated carbocycles. The predicted molar refractivity (Wildman–Crippen MR) is 103 cm³/mol. The molecule has 128 valence electrons. The minimum absolute atomic E-state index is 0.505. The van der Waals surface area contributed by atoms with Crippen LogP contribution in [0.2, 0.25) is 5.02 Å². The van der Waals surface area contributed by atoms with Crippen molar-refractivity contribution in [3.63, 3.8) is 0 Å². The lowest BCUT2D eigenvalue weighted by Crippen LogP contribution is -2.02. The number of nitrogens with one attached hydrogen (secondary N) is 2. The normalized spacial score (nSPS) is 10.4. The number of nitrogens with zero attached hydrogens (tertiary/aromatic N) is 2. The van der Waals surface area contributed by atoms with Gasteiger partial charge in [0, 0.05) is 34.2 Å². The van der Waals surface area contributed by atoms with E-state index < -0.39 is 0 Å². The number of methoxy groups -OCH3 is 1. The van der Waals surface area contributed by atoms with Gasteiger partial charge in [-0.15, -0.1) is 0 Å². The van der Waals surface area contributed by atoms with Crippen LogP contribution in [-0.2, 0) is 0 Å². The van der Waals surface area contributed by atoms with E-state index in [-0.39, 0.29) is 0 Å². The molecule has 5 nitrogen and oxygen atoms in total. The van der Waals surface area contributed by atoms with Crippen LogP contribution in [0.1, 0.15) is 11.3 Å². The fraction of sp³-hybridized carbons (Fsp3) is 0.158. The van der Waals surface area contributed by atoms with Crippen molar-refractivity contribution in [1.82, 2.24) is 9.97 Å². The summed E-state index contributed by atoms with van der Waals surface area (Å²) in [5.74, 6) is 1.98. The zero-order valence-corrected chi connectivity index (χ0v) is 15.1. The standard InChI is InChI=1S/C19H19ClN4O/c1-12-7-8-15(11-17(12)20)23-19-21-13(2)9-18(24-19)22-14-5-4-6-16(10-14)25-3/h4-11H,1-3H3,(H2,21,22,23,24). The van der Waals surface area contributed by atoms with E-state index in [0.29, 0.717) is 16.8 Å². The third-order valence-corrected chi connectivity index (χ3v) is 4.03. The van der Waals surface area contributed by atoms with Gasteiger partial charge in [0.25, 0.3) is 0 Å². The minimum Gasteiger partial charge on any atom is -0.497 e. The number of ether oxygens (including phenoxy) is 1. The molecule has 2 N–H and O–H groups in total. The maximum absolute atomic E-state index is 6.17. The fourth-order valence-electron chi connectivity index (χ4n) is 2.34. The van der Waals surface area contributed by atoms with Crippen molar-refractivity contribution in [2.24, 2.45) is 0 Å². The van der Waals surface area contributed by atoms with Gasteiger partial charge in [-0.3, -0.25) is 0 Å². The quantitative estimate of drug-likeness (QED) is 0.656. The molecule has 3 rings (SSSR count). The molecule has 0 bridgehead atoms. The Hall–Kier alpha value is -2.79. The number of halogens is 1. The van der Waals surface area contributed by atoms with Crippen molar-refractivity contribution in [3.05, 3.63) is 64.8 Å². The molecule has 0 unspecified atom stereocenters. The van der Waals surface area contributed by atoms with Gasteiger partial charge in [-0.25, -0.2) is 4.98 Å². The van der Waals surface area contributed by atoms with Crippen LogP contribution in [0.15, 0.2) is 48.5 Å². The van der Waals surface area contributed by atoms with Gasteiger partial charge in [0.2, 0.25) is 5.95 Å². The zero-order chi connectivity index (χ0) is 17.8. The van der Waals surface area contributed by atoms with Gasteiger partial charge in [-0.2, -0.15) is 4.98 Å². The van der Waals surface area contributed by atoms with Gasteiger partial charge < -0.3 is 15.4 Å². The van der Waals surface area contributed by atoms with E-state index in [2.05, 4.69) is 20.6 Å². The summed E-state index contributed by atoms with van der Waals surface area (Å²) >= 11 is 6.17. The lowest BCUT2D eigenvalue weighted by molar-refractivity contribution is 0.415. The minimum atomic E-state index is 0.505. The van der Waals surface area contributed by atoms with E-state index in [1.807, 2.05) is 62.4 Å². The first-order valence-electron chi connectivity index (χ1n) is 7.83. The van der Waals surface area contributed by atoms with Crippen molar-refractivity contribution in [3.8, 4) is 5.75 Å². The van der Waals surface area contributed by atoms with E-state index in [9.17, 15) is 0 Å². The summed E-state index contributed by atoms with van der Waals surface area (Å²) in [6.07, 6.45) is 0. The van der Waals surface area contributed by atoms with Crippen LogP contribution in [0.5, 0.6) is 5.75 Å². The van der Waals surface area contributed by atoms with Gasteiger partial charge in [-0.05, 0) is 43.7 Å². The lowest BCUT2D eigenvalue weighted by atomic mass is 10.2. The van der Waals surface area contributed by atoms with Crippen molar-refractivity contribution in [2.45, 2.75) is 13.8 Å². The van der Waals surface area contributed by atoms with Crippen molar-refractivity contribution >= 4 is 34.7 Å². The third kappa shape index (κ3) is 4.39. The Labute approximate surface area is 152 Å². The smallest absolute Gasteiger partial charge is 0.229 e. The topological polar surface area (TPSA) is 59.1 Å². The average Bonchev–Trinajstić information content (AvgIpc) is 2.58. The molecule has 0 spiro atoms. The van der Waals surface area contributed by atoms with Crippen LogP contribution in [0, 0.1) is 13.8 Å². The summed E-state index contributed by atoms with van der Waals surface area (Å²) < 4.78 is 5.24. The molecular formula is C19H19ClN4O. The molecular weight excluding hydrogens is 336 g/mol. The second-order valence-electron chi connectivity index (χ2n) is 5.66. The Morgan fingerprint density at radius 2 is 1.72 bits per heavy atom. The molecule has 0 saturated heterocycles. The van der Waals surface area contributed by atoms with E-state index in [1.165, 1.54) is 0 Å². The van der Waals surface area contributed by atoms with E-state index in [4.69, 9.17) is 16.3 Å². The zero-order valence-electron chi connectivity index (χ0n) is 14.3. The van der Waals surface area contributed by atoms with Gasteiger partial charge in [0.15, 0.2) is 0 Å². The van der Waals surface area contributed by atoms with Crippen molar-refractivity contribution in [1.29, 1.82) is 0 Å². The van der Waals surface area contributed by atoms with Crippen molar-refractivity contribution < 1.29 is 4.74 Å². The first-order chi connectivity index (χ1) is 12.0. The fourth-order valence-corrected chi connectivity index (χ4v) is 2.52. The summed E-state index contributed by atoms with van der Waals surface area (Å²) in [5.41, 5.74) is 3.61. The van der Waals surface area contributed by atoms with Crippen LogP contribution in [0.3, 0.4) is 0 Å². The van der Waals surface area contributed by atoms with E-state index in [0.717, 1.165) is 28.4 Å². The second kappa shape index (κ2) is 7.40. The SMILES string of the molecule is COc1cccc(Nc2cc(C)nc(Nc3ccc(C)c(Cl)c3)n2)c1. The summed E-state index contributed by atoms with van der Waals surface area (Å²) in [7, 11) is 1.64. The number of hydrogen-bond donors (Lipinski definition) is 2. The largest absolute Gasteiger partial charge is 0.497 e. The Morgan fingerprint density at radius 1 is 0.920 bits per heavy atom. The summed E-state index contributed by atoms with van der Waals surface area (Å²) in [4.78, 5) is 8.94. The highest BCUT2D eigenvalue weighted by Gasteiger charge is 2.05. The Morgan fingerprint density at radius 3 is 2.48 bits per heavy atom.